The first kappa shape index (κ1) is 23.6. The van der Waals surface area contributed by atoms with E-state index in [1.165, 1.54) is 16.2 Å². The van der Waals surface area contributed by atoms with Crippen LogP contribution in [0.3, 0.4) is 0 Å². The molecule has 1 N–H and O–H groups in total. The van der Waals surface area contributed by atoms with E-state index in [4.69, 9.17) is 9.47 Å². The summed E-state index contributed by atoms with van der Waals surface area (Å²) in [4.78, 5) is 32.8. The molecule has 5 rings (SSSR count). The lowest BCUT2D eigenvalue weighted by atomic mass is 9.95. The summed E-state index contributed by atoms with van der Waals surface area (Å²) in [5.41, 5.74) is 2.86. The Hall–Kier alpha value is -4.17. The van der Waals surface area contributed by atoms with Gasteiger partial charge in [-0.05, 0) is 61.9 Å². The molecule has 2 heterocycles. The first-order valence-corrected chi connectivity index (χ1v) is 12.3. The van der Waals surface area contributed by atoms with Crippen molar-refractivity contribution < 1.29 is 24.2 Å². The predicted molar refractivity (Wildman–Crippen MR) is 140 cm³/mol. The number of hydrogen-bond acceptors (Lipinski definition) is 7. The van der Waals surface area contributed by atoms with Crippen molar-refractivity contribution in [3.63, 3.8) is 0 Å². The third-order valence-corrected chi connectivity index (χ3v) is 7.08. The quantitative estimate of drug-likeness (QED) is 0.209. The highest BCUT2D eigenvalue weighted by atomic mass is 32.1. The van der Waals surface area contributed by atoms with Crippen LogP contribution in [-0.4, -0.2) is 35.5 Å². The van der Waals surface area contributed by atoms with E-state index in [9.17, 15) is 14.7 Å². The third kappa shape index (κ3) is 4.09. The van der Waals surface area contributed by atoms with Crippen LogP contribution in [0.25, 0.3) is 16.0 Å². The maximum absolute atomic E-state index is 13.4. The molecule has 4 aromatic rings. The summed E-state index contributed by atoms with van der Waals surface area (Å²) in [6, 6.07) is 18.9. The highest BCUT2D eigenvalue weighted by Gasteiger charge is 2.48. The minimum atomic E-state index is -0.834. The Morgan fingerprint density at radius 1 is 1.03 bits per heavy atom. The van der Waals surface area contributed by atoms with Crippen LogP contribution in [0, 0.1) is 6.92 Å². The molecule has 0 aliphatic carbocycles. The second-order valence-electron chi connectivity index (χ2n) is 8.37. The molecule has 182 valence electrons. The van der Waals surface area contributed by atoms with E-state index in [2.05, 4.69) is 4.98 Å². The summed E-state index contributed by atoms with van der Waals surface area (Å²) in [5.74, 6) is -0.421. The lowest BCUT2D eigenvalue weighted by Gasteiger charge is -2.23. The van der Waals surface area contributed by atoms with Crippen molar-refractivity contribution >= 4 is 44.1 Å². The van der Waals surface area contributed by atoms with Gasteiger partial charge in [0.2, 0.25) is 0 Å². The molecule has 0 radical (unpaired) electrons. The summed E-state index contributed by atoms with van der Waals surface area (Å²) < 4.78 is 11.6. The van der Waals surface area contributed by atoms with Crippen LogP contribution < -0.4 is 14.4 Å². The Bertz CT molecular complexity index is 1490. The topological polar surface area (TPSA) is 89.0 Å². The molecule has 1 unspecified atom stereocenters. The monoisotopic (exact) mass is 500 g/mol. The predicted octanol–water partition coefficient (Wildman–Crippen LogP) is 5.64. The summed E-state index contributed by atoms with van der Waals surface area (Å²) in [5, 5.41) is 11.7. The number of rotatable bonds is 6. The maximum atomic E-state index is 13.4. The van der Waals surface area contributed by atoms with Crippen LogP contribution >= 0.6 is 11.3 Å². The molecular weight excluding hydrogens is 476 g/mol. The van der Waals surface area contributed by atoms with Crippen molar-refractivity contribution in [3.8, 4) is 11.5 Å². The average Bonchev–Trinajstić information content (AvgIpc) is 3.42. The molecule has 1 fully saturated rings. The Balaban J connectivity index is 1.67. The van der Waals surface area contributed by atoms with Gasteiger partial charge in [-0.1, -0.05) is 41.2 Å². The van der Waals surface area contributed by atoms with Gasteiger partial charge in [0.25, 0.3) is 5.78 Å². The van der Waals surface area contributed by atoms with Gasteiger partial charge in [-0.2, -0.15) is 0 Å². The number of aromatic nitrogens is 1. The number of fused-ring (bicyclic) bond motifs is 1. The summed E-state index contributed by atoms with van der Waals surface area (Å²) >= 11 is 1.29. The van der Waals surface area contributed by atoms with Gasteiger partial charge in [-0.3, -0.25) is 14.5 Å². The lowest BCUT2D eigenvalue weighted by molar-refractivity contribution is -0.132. The molecule has 0 bridgehead atoms. The van der Waals surface area contributed by atoms with Crippen molar-refractivity contribution in [3.05, 3.63) is 89.0 Å². The molecule has 1 aliphatic heterocycles. The van der Waals surface area contributed by atoms with Gasteiger partial charge in [-0.25, -0.2) is 4.98 Å². The highest BCUT2D eigenvalue weighted by Crippen LogP contribution is 2.44. The first-order chi connectivity index (χ1) is 17.4. The number of benzene rings is 3. The Kier molecular flexibility index (Phi) is 6.20. The largest absolute Gasteiger partial charge is 0.507 e. The number of carbonyl (C=O) groups is 2. The molecule has 1 amide bonds. The third-order valence-electron chi connectivity index (χ3n) is 6.07. The standard InChI is InChI=1S/C28H24N2O5S/c1-4-35-19-11-9-18(10-12-19)25(31)23-24(17-7-5-16(2)6-8-17)30(27(33)26(23)32)28-29-21-14-13-20(34-3)15-22(21)36-28/h5-15,24,31H,4H2,1-3H3. The number of aliphatic hydroxyl groups is 1. The van der Waals surface area contributed by atoms with E-state index in [0.717, 1.165) is 10.3 Å². The number of ether oxygens (including phenoxy) is 2. The number of nitrogens with zero attached hydrogens (tertiary/aromatic N) is 2. The minimum Gasteiger partial charge on any atom is -0.507 e. The van der Waals surface area contributed by atoms with Crippen LogP contribution in [0.5, 0.6) is 11.5 Å². The van der Waals surface area contributed by atoms with Gasteiger partial charge in [0.1, 0.15) is 17.3 Å². The molecule has 1 saturated heterocycles. The number of hydrogen-bond donors (Lipinski definition) is 1. The van der Waals surface area contributed by atoms with E-state index in [1.54, 1.807) is 37.4 Å². The molecule has 0 spiro atoms. The Morgan fingerprint density at radius 3 is 2.39 bits per heavy atom. The number of ketones is 1. The molecule has 1 aromatic heterocycles. The van der Waals surface area contributed by atoms with E-state index in [-0.39, 0.29) is 11.3 Å². The highest BCUT2D eigenvalue weighted by molar-refractivity contribution is 7.22. The van der Waals surface area contributed by atoms with Crippen LogP contribution in [0.15, 0.2) is 72.3 Å². The van der Waals surface area contributed by atoms with Crippen LogP contribution in [0.4, 0.5) is 5.13 Å². The molecule has 3 aromatic carbocycles. The van der Waals surface area contributed by atoms with Gasteiger partial charge in [0.05, 0.1) is 35.5 Å². The van der Waals surface area contributed by atoms with Crippen LogP contribution in [0.2, 0.25) is 0 Å². The van der Waals surface area contributed by atoms with Gasteiger partial charge in [-0.15, -0.1) is 0 Å². The zero-order valence-electron chi connectivity index (χ0n) is 20.0. The second-order valence-corrected chi connectivity index (χ2v) is 9.38. The van der Waals surface area contributed by atoms with Crippen LogP contribution in [0.1, 0.15) is 29.7 Å². The van der Waals surface area contributed by atoms with Crippen molar-refractivity contribution in [2.45, 2.75) is 19.9 Å². The van der Waals surface area contributed by atoms with Crippen molar-refractivity contribution in [1.82, 2.24) is 4.98 Å². The molecule has 1 atom stereocenters. The fourth-order valence-corrected chi connectivity index (χ4v) is 5.27. The van der Waals surface area contributed by atoms with E-state index < -0.39 is 17.7 Å². The molecular formula is C28H24N2O5S. The van der Waals surface area contributed by atoms with Gasteiger partial charge in [0, 0.05) is 5.56 Å². The van der Waals surface area contributed by atoms with E-state index in [0.29, 0.717) is 39.9 Å². The number of thiazole rings is 1. The number of Topliss-reactive ketones (excluding diaryl/α,β-unsaturated/α-hetero) is 1. The average molecular weight is 501 g/mol. The zero-order valence-corrected chi connectivity index (χ0v) is 20.8. The number of methoxy groups -OCH3 is 1. The van der Waals surface area contributed by atoms with Gasteiger partial charge < -0.3 is 14.6 Å². The number of carbonyl (C=O) groups excluding carboxylic acids is 2. The summed E-state index contributed by atoms with van der Waals surface area (Å²) in [7, 11) is 1.58. The zero-order chi connectivity index (χ0) is 25.4. The fourth-order valence-electron chi connectivity index (χ4n) is 4.25. The first-order valence-electron chi connectivity index (χ1n) is 11.5. The number of anilines is 1. The van der Waals surface area contributed by atoms with Crippen molar-refractivity contribution in [1.29, 1.82) is 0 Å². The van der Waals surface area contributed by atoms with Crippen molar-refractivity contribution in [2.24, 2.45) is 0 Å². The smallest absolute Gasteiger partial charge is 0.301 e. The number of aliphatic hydroxyl groups excluding tert-OH is 1. The lowest BCUT2D eigenvalue weighted by Crippen LogP contribution is -2.29. The molecule has 8 heteroatoms. The van der Waals surface area contributed by atoms with Crippen LogP contribution in [-0.2, 0) is 9.59 Å². The Morgan fingerprint density at radius 2 is 1.72 bits per heavy atom. The summed E-state index contributed by atoms with van der Waals surface area (Å²) in [6.45, 7) is 4.36. The maximum Gasteiger partial charge on any atom is 0.301 e. The molecule has 36 heavy (non-hydrogen) atoms. The second kappa shape index (κ2) is 9.47. The summed E-state index contributed by atoms with van der Waals surface area (Å²) in [6.07, 6.45) is 0. The number of amides is 1. The van der Waals surface area contributed by atoms with Crippen molar-refractivity contribution in [2.75, 3.05) is 18.6 Å². The fraction of sp³-hybridized carbons (Fsp3) is 0.179. The van der Waals surface area contributed by atoms with E-state index >= 15 is 0 Å². The molecule has 0 saturated carbocycles. The van der Waals surface area contributed by atoms with E-state index in [1.807, 2.05) is 50.2 Å². The molecule has 1 aliphatic rings. The SMILES string of the molecule is CCOc1ccc(C(O)=C2C(=O)C(=O)N(c3nc4ccc(OC)cc4s3)C2c2ccc(C)cc2)cc1. The van der Waals surface area contributed by atoms with Gasteiger partial charge >= 0.3 is 5.91 Å². The minimum absolute atomic E-state index is 0.0184. The normalized spacial score (nSPS) is 17.1. The Labute approximate surface area is 212 Å². The molecule has 7 nitrogen and oxygen atoms in total. The number of aryl methyl sites for hydroxylation is 1. The van der Waals surface area contributed by atoms with Gasteiger partial charge in [0.15, 0.2) is 5.13 Å².